The number of nitrogens with zero attached hydrogens (tertiary/aromatic N) is 2. The fourth-order valence-corrected chi connectivity index (χ4v) is 2.69. The summed E-state index contributed by atoms with van der Waals surface area (Å²) in [6, 6.07) is 0. The molecular weight excluding hydrogens is 232 g/mol. The molecule has 0 aromatic carbocycles. The van der Waals surface area contributed by atoms with Gasteiger partial charge >= 0.3 is 0 Å². The Bertz CT molecular complexity index is 346. The van der Waals surface area contributed by atoms with Crippen LogP contribution in [0.4, 0.5) is 0 Å². The molecule has 0 amide bonds. The Morgan fingerprint density at radius 1 is 1.44 bits per heavy atom. The Hall–Kier alpha value is -0.860. The van der Waals surface area contributed by atoms with Crippen LogP contribution in [-0.4, -0.2) is 42.4 Å². The summed E-state index contributed by atoms with van der Waals surface area (Å²) in [5.74, 6) is -0.191. The van der Waals surface area contributed by atoms with E-state index in [1.54, 1.807) is 13.8 Å². The third kappa shape index (κ3) is 3.62. The van der Waals surface area contributed by atoms with Gasteiger partial charge in [0, 0.05) is 13.1 Å². The van der Waals surface area contributed by atoms with Crippen molar-refractivity contribution in [2.45, 2.75) is 33.2 Å². The summed E-state index contributed by atoms with van der Waals surface area (Å²) in [6.45, 7) is 7.22. The Labute approximate surface area is 96.5 Å². The van der Waals surface area contributed by atoms with E-state index in [-0.39, 0.29) is 5.84 Å². The maximum atomic E-state index is 11.9. The summed E-state index contributed by atoms with van der Waals surface area (Å²) >= 11 is 0. The van der Waals surface area contributed by atoms with Gasteiger partial charge in [-0.2, -0.15) is 17.4 Å². The number of hydrogen-bond donors (Lipinski definition) is 3. The first kappa shape index (κ1) is 15.1. The zero-order valence-corrected chi connectivity index (χ0v) is 10.9. The molecule has 4 N–H and O–H groups in total. The smallest absolute Gasteiger partial charge is 0.280 e. The molecule has 96 valence electrons. The molecule has 0 radical (unpaired) electrons. The standard InChI is InChI=1S/C8H20N4O3S/c1-5-12(6-2)16(14,15)11-8(3,4)7(9)10-13/h11,13H,5-6H2,1-4H3,(H2,9,10). The molecule has 0 rings (SSSR count). The minimum atomic E-state index is -3.62. The Kier molecular flexibility index (Phi) is 5.17. The van der Waals surface area contributed by atoms with E-state index in [0.29, 0.717) is 13.1 Å². The lowest BCUT2D eigenvalue weighted by atomic mass is 10.1. The molecule has 0 saturated carbocycles. The lowest BCUT2D eigenvalue weighted by Crippen LogP contribution is -2.56. The van der Waals surface area contributed by atoms with E-state index in [2.05, 4.69) is 9.88 Å². The van der Waals surface area contributed by atoms with Crippen molar-refractivity contribution in [1.29, 1.82) is 0 Å². The van der Waals surface area contributed by atoms with E-state index >= 15 is 0 Å². The summed E-state index contributed by atoms with van der Waals surface area (Å²) in [6.07, 6.45) is 0. The summed E-state index contributed by atoms with van der Waals surface area (Å²) < 4.78 is 27.3. The zero-order valence-electron chi connectivity index (χ0n) is 10.1. The van der Waals surface area contributed by atoms with E-state index in [9.17, 15) is 8.42 Å². The molecule has 0 aliphatic heterocycles. The highest BCUT2D eigenvalue weighted by Gasteiger charge is 2.31. The average molecular weight is 252 g/mol. The number of hydrogen-bond acceptors (Lipinski definition) is 4. The molecule has 0 aromatic rings. The number of oxime groups is 1. The van der Waals surface area contributed by atoms with Gasteiger partial charge < -0.3 is 10.9 Å². The maximum Gasteiger partial charge on any atom is 0.280 e. The second-order valence-electron chi connectivity index (χ2n) is 3.80. The molecule has 7 nitrogen and oxygen atoms in total. The first-order chi connectivity index (χ1) is 7.21. The van der Waals surface area contributed by atoms with Crippen LogP contribution in [0.3, 0.4) is 0 Å². The Morgan fingerprint density at radius 2 is 1.88 bits per heavy atom. The van der Waals surface area contributed by atoms with Crippen LogP contribution in [0.15, 0.2) is 5.16 Å². The summed E-state index contributed by atoms with van der Waals surface area (Å²) in [4.78, 5) is 0. The SMILES string of the molecule is CCN(CC)S(=O)(=O)NC(C)(C)/C(N)=N/O. The molecule has 0 aliphatic carbocycles. The molecule has 0 fully saturated rings. The van der Waals surface area contributed by atoms with Gasteiger partial charge in [0.1, 0.15) is 0 Å². The van der Waals surface area contributed by atoms with Crippen molar-refractivity contribution >= 4 is 16.0 Å². The van der Waals surface area contributed by atoms with Gasteiger partial charge in [0.05, 0.1) is 5.54 Å². The maximum absolute atomic E-state index is 11.9. The van der Waals surface area contributed by atoms with E-state index in [0.717, 1.165) is 0 Å². The Morgan fingerprint density at radius 3 is 2.19 bits per heavy atom. The summed E-state index contributed by atoms with van der Waals surface area (Å²) in [5.41, 5.74) is 4.27. The molecule has 0 unspecified atom stereocenters. The van der Waals surface area contributed by atoms with Crippen LogP contribution < -0.4 is 10.5 Å². The number of amidine groups is 1. The summed E-state index contributed by atoms with van der Waals surface area (Å²) in [7, 11) is -3.62. The minimum Gasteiger partial charge on any atom is -0.409 e. The van der Waals surface area contributed by atoms with Crippen LogP contribution in [0.5, 0.6) is 0 Å². The van der Waals surface area contributed by atoms with E-state index in [1.807, 2.05) is 0 Å². The lowest BCUT2D eigenvalue weighted by Gasteiger charge is -2.28. The molecule has 0 bridgehead atoms. The number of nitrogens with one attached hydrogen (secondary N) is 1. The first-order valence-electron chi connectivity index (χ1n) is 4.98. The second-order valence-corrected chi connectivity index (χ2v) is 5.47. The van der Waals surface area contributed by atoms with Crippen molar-refractivity contribution in [3.63, 3.8) is 0 Å². The summed E-state index contributed by atoms with van der Waals surface area (Å²) in [5, 5.41) is 11.3. The molecule has 0 saturated heterocycles. The van der Waals surface area contributed by atoms with Crippen molar-refractivity contribution in [1.82, 2.24) is 9.03 Å². The minimum absolute atomic E-state index is 0.191. The van der Waals surface area contributed by atoms with Crippen LogP contribution in [0.25, 0.3) is 0 Å². The van der Waals surface area contributed by atoms with E-state index in [1.165, 1.54) is 18.2 Å². The van der Waals surface area contributed by atoms with E-state index < -0.39 is 15.7 Å². The second kappa shape index (κ2) is 5.46. The van der Waals surface area contributed by atoms with Crippen molar-refractivity contribution in [3.8, 4) is 0 Å². The van der Waals surface area contributed by atoms with Gasteiger partial charge in [-0.25, -0.2) is 0 Å². The van der Waals surface area contributed by atoms with Crippen LogP contribution >= 0.6 is 0 Å². The van der Waals surface area contributed by atoms with Gasteiger partial charge in [0.15, 0.2) is 5.84 Å². The molecular formula is C8H20N4O3S. The molecule has 0 heterocycles. The van der Waals surface area contributed by atoms with Crippen molar-refractivity contribution in [2.24, 2.45) is 10.9 Å². The normalized spacial score (nSPS) is 14.4. The highest BCUT2D eigenvalue weighted by molar-refractivity contribution is 7.87. The highest BCUT2D eigenvalue weighted by atomic mass is 32.2. The predicted molar refractivity (Wildman–Crippen MR) is 62.5 cm³/mol. The van der Waals surface area contributed by atoms with Gasteiger partial charge in [-0.15, -0.1) is 0 Å². The third-order valence-corrected chi connectivity index (χ3v) is 4.14. The van der Waals surface area contributed by atoms with Crippen LogP contribution in [0.1, 0.15) is 27.7 Å². The van der Waals surface area contributed by atoms with Gasteiger partial charge in [-0.1, -0.05) is 19.0 Å². The highest BCUT2D eigenvalue weighted by Crippen LogP contribution is 2.07. The Balaban J connectivity index is 4.98. The van der Waals surface area contributed by atoms with Crippen LogP contribution in [0, 0.1) is 0 Å². The van der Waals surface area contributed by atoms with Gasteiger partial charge in [0.25, 0.3) is 10.2 Å². The number of rotatable bonds is 6. The zero-order chi connectivity index (χ0) is 13.0. The van der Waals surface area contributed by atoms with Gasteiger partial charge in [-0.05, 0) is 13.8 Å². The van der Waals surface area contributed by atoms with Gasteiger partial charge in [0.2, 0.25) is 0 Å². The molecule has 0 atom stereocenters. The quantitative estimate of drug-likeness (QED) is 0.261. The van der Waals surface area contributed by atoms with Crippen molar-refractivity contribution in [3.05, 3.63) is 0 Å². The first-order valence-corrected chi connectivity index (χ1v) is 6.42. The fourth-order valence-electron chi connectivity index (χ4n) is 1.13. The largest absolute Gasteiger partial charge is 0.409 e. The average Bonchev–Trinajstić information content (AvgIpc) is 2.16. The van der Waals surface area contributed by atoms with Crippen molar-refractivity contribution in [2.75, 3.05) is 13.1 Å². The third-order valence-electron chi connectivity index (χ3n) is 2.18. The van der Waals surface area contributed by atoms with Crippen LogP contribution in [0.2, 0.25) is 0 Å². The molecule has 0 spiro atoms. The van der Waals surface area contributed by atoms with Crippen molar-refractivity contribution < 1.29 is 13.6 Å². The predicted octanol–water partition coefficient (Wildman–Crippen LogP) is -0.312. The fraction of sp³-hybridized carbons (Fsp3) is 0.875. The molecule has 0 aromatic heterocycles. The molecule has 16 heavy (non-hydrogen) atoms. The van der Waals surface area contributed by atoms with Gasteiger partial charge in [-0.3, -0.25) is 0 Å². The molecule has 8 heteroatoms. The lowest BCUT2D eigenvalue weighted by molar-refractivity contribution is 0.312. The topological polar surface area (TPSA) is 108 Å². The molecule has 0 aliphatic rings. The van der Waals surface area contributed by atoms with E-state index in [4.69, 9.17) is 10.9 Å². The van der Waals surface area contributed by atoms with Crippen LogP contribution in [-0.2, 0) is 10.2 Å². The monoisotopic (exact) mass is 252 g/mol. The number of nitrogens with two attached hydrogens (primary N) is 1.